The summed E-state index contributed by atoms with van der Waals surface area (Å²) in [5.74, 6) is 0. The molecule has 13 heavy (non-hydrogen) atoms. The van der Waals surface area contributed by atoms with E-state index >= 15 is 0 Å². The number of aryl methyl sites for hydroxylation is 1. The van der Waals surface area contributed by atoms with Gasteiger partial charge in [-0.15, -0.1) is 12.4 Å². The average Bonchev–Trinajstić information content (AvgIpc) is 2.03. The molecule has 0 saturated heterocycles. The molecule has 1 aromatic heterocycles. The number of hydrogen-bond acceptors (Lipinski definition) is 3. The second-order valence-corrected chi connectivity index (χ2v) is 3.67. The summed E-state index contributed by atoms with van der Waals surface area (Å²) >= 11 is 0. The Kier molecular flexibility index (Phi) is 4.32. The van der Waals surface area contributed by atoms with E-state index in [4.69, 9.17) is 4.55 Å². The zero-order valence-electron chi connectivity index (χ0n) is 6.97. The van der Waals surface area contributed by atoms with Crippen molar-refractivity contribution in [3.63, 3.8) is 0 Å². The SMILES string of the molecule is CCc1ncccc1S(=O)(=O)O.Cl. The van der Waals surface area contributed by atoms with Crippen molar-refractivity contribution in [1.82, 2.24) is 4.98 Å². The fourth-order valence-corrected chi connectivity index (χ4v) is 1.67. The maximum Gasteiger partial charge on any atom is 0.296 e. The number of rotatable bonds is 2. The Morgan fingerprint density at radius 1 is 1.54 bits per heavy atom. The molecule has 1 N–H and O–H groups in total. The first kappa shape index (κ1) is 12.3. The molecule has 0 saturated carbocycles. The summed E-state index contributed by atoms with van der Waals surface area (Å²) in [4.78, 5) is 3.72. The first-order valence-electron chi connectivity index (χ1n) is 3.47. The van der Waals surface area contributed by atoms with Crippen LogP contribution in [-0.4, -0.2) is 18.0 Å². The maximum absolute atomic E-state index is 10.7. The van der Waals surface area contributed by atoms with Crippen LogP contribution in [-0.2, 0) is 16.5 Å². The molecule has 0 aliphatic heterocycles. The minimum Gasteiger partial charge on any atom is -0.282 e. The first-order chi connectivity index (χ1) is 5.55. The molecule has 0 aliphatic carbocycles. The summed E-state index contributed by atoms with van der Waals surface area (Å²) in [6.45, 7) is 1.77. The number of nitrogens with zero attached hydrogens (tertiary/aromatic N) is 1. The fourth-order valence-electron chi connectivity index (χ4n) is 0.924. The number of hydrogen-bond donors (Lipinski definition) is 1. The highest BCUT2D eigenvalue weighted by Crippen LogP contribution is 2.12. The smallest absolute Gasteiger partial charge is 0.282 e. The van der Waals surface area contributed by atoms with Crippen LogP contribution in [0.2, 0.25) is 0 Å². The van der Waals surface area contributed by atoms with Gasteiger partial charge in [0.25, 0.3) is 10.1 Å². The molecule has 0 fully saturated rings. The van der Waals surface area contributed by atoms with Gasteiger partial charge in [-0.3, -0.25) is 9.54 Å². The molecule has 0 spiro atoms. The third-order valence-electron chi connectivity index (χ3n) is 1.46. The molecule has 0 amide bonds. The lowest BCUT2D eigenvalue weighted by molar-refractivity contribution is 0.481. The predicted molar refractivity (Wildman–Crippen MR) is 50.7 cm³/mol. The van der Waals surface area contributed by atoms with Gasteiger partial charge in [-0.2, -0.15) is 8.42 Å². The van der Waals surface area contributed by atoms with Crippen molar-refractivity contribution >= 4 is 22.5 Å². The molecule has 0 aromatic carbocycles. The number of halogens is 1. The lowest BCUT2D eigenvalue weighted by Gasteiger charge is -2.01. The third-order valence-corrected chi connectivity index (χ3v) is 2.39. The Morgan fingerprint density at radius 2 is 2.15 bits per heavy atom. The molecular formula is C7H10ClNO3S. The molecule has 0 unspecified atom stereocenters. The summed E-state index contributed by atoms with van der Waals surface area (Å²) in [6, 6.07) is 2.81. The topological polar surface area (TPSA) is 67.3 Å². The van der Waals surface area contributed by atoms with Gasteiger partial charge in [0.05, 0.1) is 5.69 Å². The van der Waals surface area contributed by atoms with Gasteiger partial charge in [-0.05, 0) is 18.6 Å². The van der Waals surface area contributed by atoms with Crippen LogP contribution >= 0.6 is 12.4 Å². The van der Waals surface area contributed by atoms with E-state index in [0.29, 0.717) is 12.1 Å². The second-order valence-electron chi connectivity index (χ2n) is 2.28. The second kappa shape index (κ2) is 4.55. The maximum atomic E-state index is 10.7. The molecule has 1 heterocycles. The minimum atomic E-state index is -4.11. The summed E-state index contributed by atoms with van der Waals surface area (Å²) in [5.41, 5.74) is 0.389. The van der Waals surface area contributed by atoms with Gasteiger partial charge in [0, 0.05) is 6.20 Å². The van der Waals surface area contributed by atoms with E-state index < -0.39 is 10.1 Å². The van der Waals surface area contributed by atoms with Crippen LogP contribution < -0.4 is 0 Å². The Hall–Kier alpha value is -0.650. The van der Waals surface area contributed by atoms with Crippen LogP contribution in [0.25, 0.3) is 0 Å². The van der Waals surface area contributed by atoms with Crippen LogP contribution in [0.1, 0.15) is 12.6 Å². The van der Waals surface area contributed by atoms with Crippen molar-refractivity contribution in [3.8, 4) is 0 Å². The van der Waals surface area contributed by atoms with Gasteiger partial charge in [0.15, 0.2) is 0 Å². The normalized spacial score (nSPS) is 10.6. The van der Waals surface area contributed by atoms with Crippen LogP contribution in [0.4, 0.5) is 0 Å². The lowest BCUT2D eigenvalue weighted by atomic mass is 10.3. The van der Waals surface area contributed by atoms with Crippen LogP contribution in [0.3, 0.4) is 0 Å². The summed E-state index contributed by atoms with van der Waals surface area (Å²) in [6.07, 6.45) is 1.98. The highest BCUT2D eigenvalue weighted by atomic mass is 35.5. The quantitative estimate of drug-likeness (QED) is 0.768. The van der Waals surface area contributed by atoms with Crippen LogP contribution in [0.5, 0.6) is 0 Å². The van der Waals surface area contributed by atoms with Crippen molar-refractivity contribution in [3.05, 3.63) is 24.0 Å². The third kappa shape index (κ3) is 2.95. The Balaban J connectivity index is 0.00000144. The van der Waals surface area contributed by atoms with Crippen molar-refractivity contribution in [2.75, 3.05) is 0 Å². The molecule has 4 nitrogen and oxygen atoms in total. The summed E-state index contributed by atoms with van der Waals surface area (Å²) < 4.78 is 30.2. The van der Waals surface area contributed by atoms with E-state index in [2.05, 4.69) is 4.98 Å². The van der Waals surface area contributed by atoms with E-state index in [1.165, 1.54) is 18.3 Å². The van der Waals surface area contributed by atoms with Crippen LogP contribution in [0.15, 0.2) is 23.2 Å². The zero-order valence-corrected chi connectivity index (χ0v) is 8.60. The van der Waals surface area contributed by atoms with E-state index in [1.807, 2.05) is 0 Å². The van der Waals surface area contributed by atoms with Gasteiger partial charge in [0.2, 0.25) is 0 Å². The Bertz CT molecular complexity index is 377. The molecule has 6 heteroatoms. The average molecular weight is 224 g/mol. The van der Waals surface area contributed by atoms with Crippen molar-refractivity contribution in [1.29, 1.82) is 0 Å². The first-order valence-corrected chi connectivity index (χ1v) is 4.91. The van der Waals surface area contributed by atoms with Crippen molar-refractivity contribution in [2.45, 2.75) is 18.2 Å². The summed E-state index contributed by atoms with van der Waals surface area (Å²) in [7, 11) is -4.11. The van der Waals surface area contributed by atoms with Crippen molar-refractivity contribution < 1.29 is 13.0 Å². The van der Waals surface area contributed by atoms with E-state index in [-0.39, 0.29) is 17.3 Å². The standard InChI is InChI=1S/C7H9NO3S.ClH/c1-2-6-7(12(9,10)11)4-3-5-8-6;/h3-5H,2H2,1H3,(H,9,10,11);1H. The van der Waals surface area contributed by atoms with Crippen LogP contribution in [0, 0.1) is 0 Å². The Morgan fingerprint density at radius 3 is 2.54 bits per heavy atom. The number of pyridine rings is 1. The van der Waals surface area contributed by atoms with Gasteiger partial charge >= 0.3 is 0 Å². The van der Waals surface area contributed by atoms with Crippen molar-refractivity contribution in [2.24, 2.45) is 0 Å². The highest BCUT2D eigenvalue weighted by molar-refractivity contribution is 7.85. The molecule has 0 radical (unpaired) electrons. The molecule has 0 bridgehead atoms. The molecule has 1 rings (SSSR count). The van der Waals surface area contributed by atoms with Gasteiger partial charge in [-0.25, -0.2) is 0 Å². The Labute approximate surface area is 83.2 Å². The van der Waals surface area contributed by atoms with E-state index in [1.54, 1.807) is 6.92 Å². The van der Waals surface area contributed by atoms with E-state index in [9.17, 15) is 8.42 Å². The largest absolute Gasteiger partial charge is 0.296 e. The van der Waals surface area contributed by atoms with Gasteiger partial charge in [-0.1, -0.05) is 6.92 Å². The van der Waals surface area contributed by atoms with E-state index in [0.717, 1.165) is 0 Å². The molecule has 74 valence electrons. The fraction of sp³-hybridized carbons (Fsp3) is 0.286. The molecule has 1 aromatic rings. The van der Waals surface area contributed by atoms with Gasteiger partial charge in [0.1, 0.15) is 4.90 Å². The highest BCUT2D eigenvalue weighted by Gasteiger charge is 2.13. The molecule has 0 atom stereocenters. The summed E-state index contributed by atoms with van der Waals surface area (Å²) in [5, 5.41) is 0. The monoisotopic (exact) mass is 223 g/mol. The lowest BCUT2D eigenvalue weighted by Crippen LogP contribution is -2.03. The van der Waals surface area contributed by atoms with Gasteiger partial charge < -0.3 is 0 Å². The molecular weight excluding hydrogens is 214 g/mol. The molecule has 0 aliphatic rings. The minimum absolute atomic E-state index is 0. The zero-order chi connectivity index (χ0) is 9.19. The number of aromatic nitrogens is 1. The predicted octanol–water partition coefficient (Wildman–Crippen LogP) is 1.31.